The van der Waals surface area contributed by atoms with E-state index in [1.807, 2.05) is 14.1 Å². The molecular formula is C2H8N2P+. The third-order valence-electron chi connectivity index (χ3n) is 0.231. The minimum atomic E-state index is 1.71. The molecule has 0 fully saturated rings. The van der Waals surface area contributed by atoms with Crippen LogP contribution in [0.1, 0.15) is 0 Å². The average molecular weight is 91.1 g/mol. The van der Waals surface area contributed by atoms with Gasteiger partial charge in [0, 0.05) is 0 Å². The molecule has 0 rings (SSSR count). The highest BCUT2D eigenvalue weighted by Gasteiger charge is 1.67. The Morgan fingerprint density at radius 2 is 1.80 bits per heavy atom. The van der Waals surface area contributed by atoms with E-state index in [1.54, 1.807) is 4.70 Å². The van der Waals surface area contributed by atoms with E-state index in [-0.39, 0.29) is 0 Å². The lowest BCUT2D eigenvalue weighted by molar-refractivity contribution is -0.526. The summed E-state index contributed by atoms with van der Waals surface area (Å²) >= 11 is 0. The molecule has 5 heavy (non-hydrogen) atoms. The minimum Gasteiger partial charge on any atom is -0.130 e. The monoisotopic (exact) mass is 91.0 g/mol. The zero-order valence-electron chi connectivity index (χ0n) is 3.47. The largest absolute Gasteiger partial charge is 0.158 e. The maximum atomic E-state index is 3.64. The highest BCUT2D eigenvalue weighted by Crippen LogP contribution is 1.76. The predicted molar refractivity (Wildman–Crippen MR) is 24.2 cm³/mol. The molecule has 1 atom stereocenters. The van der Waals surface area contributed by atoms with Gasteiger partial charge in [-0.05, 0) is 4.88 Å². The molecule has 0 radical (unpaired) electrons. The fourth-order valence-electron chi connectivity index (χ4n) is 0. The summed E-state index contributed by atoms with van der Waals surface area (Å²) in [5, 5.41) is 0. The third kappa shape index (κ3) is 4.03. The Bertz CT molecular complexity index is 45.6. The predicted octanol–water partition coefficient (Wildman–Crippen LogP) is 0.501. The van der Waals surface area contributed by atoms with Crippen LogP contribution in [0, 0.1) is 0 Å². The highest BCUT2D eigenvalue weighted by molar-refractivity contribution is 7.14. The molecule has 0 saturated carbocycles. The van der Waals surface area contributed by atoms with Crippen molar-refractivity contribution in [1.82, 2.24) is 0 Å². The van der Waals surface area contributed by atoms with Crippen LogP contribution in [0.2, 0.25) is 0 Å². The molecule has 0 aromatic rings. The van der Waals surface area contributed by atoms with E-state index in [0.29, 0.717) is 0 Å². The average Bonchev–Trinajstić information content (AvgIpc) is 1.38. The summed E-state index contributed by atoms with van der Waals surface area (Å²) in [6.45, 7) is 0. The van der Waals surface area contributed by atoms with E-state index in [1.165, 1.54) is 0 Å². The maximum Gasteiger partial charge on any atom is 0.158 e. The summed E-state index contributed by atoms with van der Waals surface area (Å²) in [4.78, 5) is 3.64. The molecule has 0 N–H and O–H groups in total. The van der Waals surface area contributed by atoms with Crippen molar-refractivity contribution in [2.24, 2.45) is 4.88 Å². The van der Waals surface area contributed by atoms with Gasteiger partial charge >= 0.3 is 0 Å². The molecule has 0 bridgehead atoms. The first-order chi connectivity index (χ1) is 2.27. The van der Waals surface area contributed by atoms with E-state index in [9.17, 15) is 0 Å². The quantitative estimate of drug-likeness (QED) is 0.234. The van der Waals surface area contributed by atoms with E-state index in [4.69, 9.17) is 0 Å². The molecule has 0 aliphatic heterocycles. The smallest absolute Gasteiger partial charge is 0.130 e. The molecule has 1 unspecified atom stereocenters. The Labute approximate surface area is 34.1 Å². The molecule has 0 aliphatic rings. The van der Waals surface area contributed by atoms with Crippen LogP contribution in [0.15, 0.2) is 4.88 Å². The maximum absolute atomic E-state index is 3.64. The van der Waals surface area contributed by atoms with Gasteiger partial charge in [0.05, 0.1) is 9.39 Å². The second-order valence-corrected chi connectivity index (χ2v) is 1.19. The van der Waals surface area contributed by atoms with Gasteiger partial charge in [-0.25, -0.2) is 0 Å². The van der Waals surface area contributed by atoms with Crippen molar-refractivity contribution < 1.29 is 4.70 Å². The molecule has 0 aliphatic carbocycles. The number of hydrogen-bond donors (Lipinski definition) is 0. The highest BCUT2D eigenvalue weighted by atomic mass is 31.0. The standard InChI is InChI=1S/C2H8N2P/c1-4(2)3-5/h5H2,1-2H3/q+1. The lowest BCUT2D eigenvalue weighted by atomic mass is 11.2. The molecule has 3 heteroatoms. The van der Waals surface area contributed by atoms with Gasteiger partial charge in [-0.2, -0.15) is 0 Å². The van der Waals surface area contributed by atoms with Gasteiger partial charge < -0.3 is 0 Å². The van der Waals surface area contributed by atoms with Crippen LogP contribution >= 0.6 is 9.39 Å². The SMILES string of the molecule is C[N+](C)=NP. The zero-order chi connectivity index (χ0) is 4.28. The van der Waals surface area contributed by atoms with Crippen LogP contribution in [0.5, 0.6) is 0 Å². The lowest BCUT2D eigenvalue weighted by Crippen LogP contribution is -1.85. The van der Waals surface area contributed by atoms with Crippen LogP contribution in [0.3, 0.4) is 0 Å². The van der Waals surface area contributed by atoms with E-state index in [0.717, 1.165) is 0 Å². The van der Waals surface area contributed by atoms with Crippen molar-refractivity contribution >= 4 is 9.39 Å². The van der Waals surface area contributed by atoms with Crippen LogP contribution < -0.4 is 0 Å². The number of rotatable bonds is 0. The summed E-state index contributed by atoms with van der Waals surface area (Å²) in [7, 11) is 5.98. The summed E-state index contributed by atoms with van der Waals surface area (Å²) in [6.07, 6.45) is 0. The van der Waals surface area contributed by atoms with Gasteiger partial charge in [-0.3, -0.25) is 0 Å². The number of nitrogens with zero attached hydrogens (tertiary/aromatic N) is 2. The molecular weight excluding hydrogens is 83.0 g/mol. The van der Waals surface area contributed by atoms with Gasteiger partial charge in [-0.1, -0.05) is 0 Å². The molecule has 0 saturated heterocycles. The molecule has 0 spiro atoms. The first kappa shape index (κ1) is 5.03. The fraction of sp³-hybridized carbons (Fsp3) is 1.00. The van der Waals surface area contributed by atoms with Crippen molar-refractivity contribution in [1.29, 1.82) is 0 Å². The van der Waals surface area contributed by atoms with Crippen molar-refractivity contribution in [2.45, 2.75) is 0 Å². The minimum absolute atomic E-state index is 1.71. The van der Waals surface area contributed by atoms with Crippen LogP contribution in [-0.2, 0) is 0 Å². The Kier molecular flexibility index (Phi) is 2.29. The molecule has 2 nitrogen and oxygen atoms in total. The van der Waals surface area contributed by atoms with Crippen molar-refractivity contribution in [2.75, 3.05) is 14.1 Å². The van der Waals surface area contributed by atoms with Gasteiger partial charge in [-0.15, -0.1) is 4.70 Å². The Morgan fingerprint density at radius 1 is 1.60 bits per heavy atom. The molecule has 0 amide bonds. The van der Waals surface area contributed by atoms with Crippen LogP contribution in [0.25, 0.3) is 0 Å². The van der Waals surface area contributed by atoms with Crippen molar-refractivity contribution in [3.8, 4) is 0 Å². The first-order valence-electron chi connectivity index (χ1n) is 1.35. The van der Waals surface area contributed by atoms with Gasteiger partial charge in [0.1, 0.15) is 0 Å². The summed E-state index contributed by atoms with van der Waals surface area (Å²) in [5.74, 6) is 0. The zero-order valence-corrected chi connectivity index (χ0v) is 4.63. The molecule has 30 valence electrons. The number of hydrogen-bond acceptors (Lipinski definition) is 1. The summed E-state index contributed by atoms with van der Waals surface area (Å²) in [6, 6.07) is 0. The Balaban J connectivity index is 3.14. The molecule has 0 heterocycles. The normalized spacial score (nSPS) is 7.00. The van der Waals surface area contributed by atoms with E-state index >= 15 is 0 Å². The summed E-state index contributed by atoms with van der Waals surface area (Å²) in [5.41, 5.74) is 0. The van der Waals surface area contributed by atoms with Crippen LogP contribution in [-0.4, -0.2) is 18.8 Å². The molecule has 0 aromatic carbocycles. The topological polar surface area (TPSA) is 15.4 Å². The summed E-state index contributed by atoms with van der Waals surface area (Å²) < 4.78 is 1.71. The Hall–Kier alpha value is 0.0300. The molecule has 0 aromatic heterocycles. The van der Waals surface area contributed by atoms with Gasteiger partial charge in [0.15, 0.2) is 14.1 Å². The second kappa shape index (κ2) is 2.28. The first-order valence-corrected chi connectivity index (χ1v) is 1.87. The second-order valence-electron chi connectivity index (χ2n) is 0.963. The van der Waals surface area contributed by atoms with Gasteiger partial charge in [0.2, 0.25) is 0 Å². The van der Waals surface area contributed by atoms with Crippen LogP contribution in [0.4, 0.5) is 0 Å². The van der Waals surface area contributed by atoms with E-state index in [2.05, 4.69) is 14.3 Å². The van der Waals surface area contributed by atoms with Crippen molar-refractivity contribution in [3.63, 3.8) is 0 Å². The van der Waals surface area contributed by atoms with Crippen molar-refractivity contribution in [3.05, 3.63) is 0 Å². The lowest BCUT2D eigenvalue weighted by Gasteiger charge is -1.68. The fourth-order valence-corrected chi connectivity index (χ4v) is 0. The Morgan fingerprint density at radius 3 is 1.80 bits per heavy atom. The van der Waals surface area contributed by atoms with E-state index < -0.39 is 0 Å². The van der Waals surface area contributed by atoms with Gasteiger partial charge in [0.25, 0.3) is 0 Å². The third-order valence-corrected chi connectivity index (χ3v) is 0.693.